The second kappa shape index (κ2) is 19.7. The highest BCUT2D eigenvalue weighted by Gasteiger charge is 2.17. The number of aromatic nitrogens is 4. The number of rotatable bonds is 3. The van der Waals surface area contributed by atoms with Gasteiger partial charge in [-0.05, 0) is 144 Å². The lowest BCUT2D eigenvalue weighted by Gasteiger charge is -2.08. The predicted octanol–water partition coefficient (Wildman–Crippen LogP) is 11.2. The number of hydrogen-bond acceptors (Lipinski definition) is 9. The van der Waals surface area contributed by atoms with E-state index in [9.17, 15) is 14.7 Å². The first-order valence-corrected chi connectivity index (χ1v) is 18.7. The van der Waals surface area contributed by atoms with Gasteiger partial charge in [0, 0.05) is 97.4 Å². The van der Waals surface area contributed by atoms with Crippen LogP contribution < -0.4 is 0 Å². The molecule has 1 N–H and O–H groups in total. The molecule has 16 heteroatoms. The van der Waals surface area contributed by atoms with Crippen LogP contribution in [-0.4, -0.2) is 43.9 Å². The van der Waals surface area contributed by atoms with Crippen molar-refractivity contribution in [2.24, 2.45) is 0 Å². The van der Waals surface area contributed by atoms with Gasteiger partial charge in [-0.1, -0.05) is 0 Å². The lowest BCUT2D eigenvalue weighted by Crippen LogP contribution is -1.99. The number of esters is 1. The number of carbonyl (C=O) groups is 2. The highest BCUT2D eigenvalue weighted by molar-refractivity contribution is 9.12. The molecule has 0 spiro atoms. The van der Waals surface area contributed by atoms with Gasteiger partial charge in [-0.15, -0.1) is 11.3 Å². The number of aliphatic hydroxyl groups excluding tert-OH is 1. The molecule has 0 saturated heterocycles. The lowest BCUT2D eigenvalue weighted by molar-refractivity contribution is 0.0605. The van der Waals surface area contributed by atoms with Crippen molar-refractivity contribution < 1.29 is 19.4 Å². The first-order valence-electron chi connectivity index (χ1n) is 12.3. The average Bonchev–Trinajstić information content (AvgIpc) is 3.30. The topological polar surface area (TPSA) is 115 Å². The maximum Gasteiger partial charge on any atom is 0.348 e. The van der Waals surface area contributed by atoms with Crippen LogP contribution in [-0.2, 0) is 4.74 Å². The molecule has 1 atom stereocenters. The van der Waals surface area contributed by atoms with E-state index in [0.717, 1.165) is 52.5 Å². The van der Waals surface area contributed by atoms with Crippen molar-refractivity contribution in [1.82, 2.24) is 19.9 Å². The fourth-order valence-corrected chi connectivity index (χ4v) is 9.40. The Balaban J connectivity index is 0.000000214. The van der Waals surface area contributed by atoms with Gasteiger partial charge in [0.15, 0.2) is 5.78 Å². The number of fused-ring (bicyclic) bond motifs is 1. The van der Waals surface area contributed by atoms with Crippen LogP contribution in [0.1, 0.15) is 51.1 Å². The van der Waals surface area contributed by atoms with E-state index in [1.165, 1.54) is 25.4 Å². The molecular weight excluding hydrogens is 1060 g/mol. The van der Waals surface area contributed by atoms with Gasteiger partial charge in [0.25, 0.3) is 0 Å². The van der Waals surface area contributed by atoms with Crippen molar-refractivity contribution >= 4 is 145 Å². The molecule has 5 heterocycles. The first kappa shape index (κ1) is 40.2. The van der Waals surface area contributed by atoms with Gasteiger partial charge in [-0.25, -0.2) is 4.79 Å². The lowest BCUT2D eigenvalue weighted by atomic mass is 10.2. The molecule has 0 aliphatic heterocycles. The molecule has 0 saturated carbocycles. The number of ketones is 1. The number of carbonyl (C=O) groups excluding carboxylic acids is 2. The number of aliphatic hydroxyl groups is 1. The third-order valence-electron chi connectivity index (χ3n) is 5.35. The zero-order valence-corrected chi connectivity index (χ0v) is 35.7. The van der Waals surface area contributed by atoms with Crippen LogP contribution in [0.15, 0.2) is 87.0 Å². The van der Waals surface area contributed by atoms with E-state index in [2.05, 4.69) is 131 Å². The number of halogens is 7. The van der Waals surface area contributed by atoms with Crippen LogP contribution in [0, 0.1) is 6.92 Å². The third kappa shape index (κ3) is 12.2. The van der Waals surface area contributed by atoms with E-state index in [4.69, 9.17) is 4.74 Å². The zero-order valence-electron chi connectivity index (χ0n) is 23.8. The van der Waals surface area contributed by atoms with Crippen LogP contribution in [0.25, 0.3) is 10.1 Å². The van der Waals surface area contributed by atoms with E-state index in [1.807, 2.05) is 13.0 Å². The van der Waals surface area contributed by atoms with Crippen LogP contribution in [0.2, 0.25) is 0 Å². The Hall–Kier alpha value is -0.980. The van der Waals surface area contributed by atoms with Gasteiger partial charge in [0.1, 0.15) is 4.88 Å². The van der Waals surface area contributed by atoms with Gasteiger partial charge < -0.3 is 9.84 Å². The minimum absolute atomic E-state index is 0.0196. The molecular formula is C29H23Br7N4O4S. The van der Waals surface area contributed by atoms with E-state index >= 15 is 0 Å². The molecule has 45 heavy (non-hydrogen) atoms. The number of ether oxygens (including phenoxy) is 1. The first-order chi connectivity index (χ1) is 21.2. The number of thiophene rings is 1. The third-order valence-corrected chi connectivity index (χ3v) is 10.5. The molecule has 0 radical (unpaired) electrons. The summed E-state index contributed by atoms with van der Waals surface area (Å²) in [6.07, 6.45) is 13.0. The number of aryl methyl sites for hydroxylation is 1. The molecule has 5 aromatic heterocycles. The summed E-state index contributed by atoms with van der Waals surface area (Å²) in [5, 5.41) is 10.3. The van der Waals surface area contributed by atoms with Gasteiger partial charge in [-0.3, -0.25) is 24.7 Å². The second-order valence-corrected chi connectivity index (χ2v) is 15.7. The standard InChI is InChI=1S/C10H8BrNO2S.C7H7Br2NO.C7H5Br2NO.C5H3Br2N/c1-5-8-6(11)3-12-4-7(8)15-9(5)10(13)14-2;2*1-4(11)7-5(8)2-10-3-6(7)9;6-4-1-5(7)3-8-2-4/h3-4H,1-2H3;2-4,11H,1H3;2-3H,1H3;1-3H. The summed E-state index contributed by atoms with van der Waals surface area (Å²) in [6.45, 7) is 5.14. The molecule has 0 aliphatic carbocycles. The number of nitrogens with zero attached hydrogens (tertiary/aromatic N) is 4. The normalized spacial score (nSPS) is 10.8. The van der Waals surface area contributed by atoms with E-state index in [1.54, 1.807) is 56.5 Å². The smallest absolute Gasteiger partial charge is 0.348 e. The summed E-state index contributed by atoms with van der Waals surface area (Å²) < 4.78 is 11.7. The SMILES string of the molecule is Brc1cncc(Br)c1.CC(=O)c1c(Br)cncc1Br.CC(O)c1c(Br)cncc1Br.COC(=O)c1sc2cncc(Br)c2c1C. The fourth-order valence-electron chi connectivity index (χ4n) is 3.40. The molecule has 0 aromatic carbocycles. The molecule has 0 aliphatic rings. The van der Waals surface area contributed by atoms with Crippen molar-refractivity contribution in [2.75, 3.05) is 7.11 Å². The minimum atomic E-state index is -0.484. The largest absolute Gasteiger partial charge is 0.465 e. The Labute approximate surface area is 323 Å². The quantitative estimate of drug-likeness (QED) is 0.140. The summed E-state index contributed by atoms with van der Waals surface area (Å²) in [5.74, 6) is -0.272. The summed E-state index contributed by atoms with van der Waals surface area (Å²) in [5.41, 5.74) is 2.41. The maximum atomic E-state index is 11.5. The highest BCUT2D eigenvalue weighted by atomic mass is 79.9. The molecule has 238 valence electrons. The Bertz CT molecular complexity index is 1730. The number of hydrogen-bond donors (Lipinski definition) is 1. The van der Waals surface area contributed by atoms with Crippen molar-refractivity contribution in [2.45, 2.75) is 26.9 Å². The van der Waals surface area contributed by atoms with Crippen molar-refractivity contribution in [3.05, 3.63) is 109 Å². The average molecular weight is 1080 g/mol. The van der Waals surface area contributed by atoms with E-state index < -0.39 is 6.10 Å². The molecule has 0 fully saturated rings. The summed E-state index contributed by atoms with van der Waals surface area (Å²) in [4.78, 5) is 38.9. The van der Waals surface area contributed by atoms with Crippen LogP contribution in [0.5, 0.6) is 0 Å². The summed E-state index contributed by atoms with van der Waals surface area (Å²) >= 11 is 24.4. The van der Waals surface area contributed by atoms with Gasteiger partial charge in [-0.2, -0.15) is 0 Å². The maximum absolute atomic E-state index is 11.5. The van der Waals surface area contributed by atoms with Crippen molar-refractivity contribution in [1.29, 1.82) is 0 Å². The molecule has 0 amide bonds. The van der Waals surface area contributed by atoms with Gasteiger partial charge in [0.05, 0.1) is 17.9 Å². The van der Waals surface area contributed by atoms with Crippen LogP contribution >= 0.6 is 123 Å². The molecule has 0 bridgehead atoms. The Morgan fingerprint density at radius 3 is 1.56 bits per heavy atom. The summed E-state index contributed by atoms with van der Waals surface area (Å²) in [7, 11) is 1.39. The minimum Gasteiger partial charge on any atom is -0.465 e. The monoisotopic (exact) mass is 1080 g/mol. The second-order valence-electron chi connectivity index (χ2n) is 8.59. The molecule has 8 nitrogen and oxygen atoms in total. The Morgan fingerprint density at radius 1 is 0.756 bits per heavy atom. The van der Waals surface area contributed by atoms with Crippen LogP contribution in [0.3, 0.4) is 0 Å². The summed E-state index contributed by atoms with van der Waals surface area (Å²) in [6, 6.07) is 1.94. The van der Waals surface area contributed by atoms with Gasteiger partial charge in [0.2, 0.25) is 0 Å². The Morgan fingerprint density at radius 2 is 1.20 bits per heavy atom. The van der Waals surface area contributed by atoms with E-state index in [0.29, 0.717) is 10.4 Å². The highest BCUT2D eigenvalue weighted by Crippen LogP contribution is 2.35. The Kier molecular flexibility index (Phi) is 17.6. The number of methoxy groups -OCH3 is 1. The fraction of sp³-hybridized carbons (Fsp3) is 0.172. The zero-order chi connectivity index (χ0) is 33.8. The van der Waals surface area contributed by atoms with Crippen molar-refractivity contribution in [3.8, 4) is 0 Å². The van der Waals surface area contributed by atoms with Crippen molar-refractivity contribution in [3.63, 3.8) is 0 Å². The van der Waals surface area contributed by atoms with E-state index in [-0.39, 0.29) is 11.8 Å². The predicted molar refractivity (Wildman–Crippen MR) is 203 cm³/mol. The number of pyridine rings is 4. The molecule has 5 aromatic rings. The number of Topliss-reactive ketones (excluding diaryl/α,β-unsaturated/α-hetero) is 1. The molecule has 5 rings (SSSR count). The molecule has 1 unspecified atom stereocenters. The van der Waals surface area contributed by atoms with Gasteiger partial charge >= 0.3 is 5.97 Å². The van der Waals surface area contributed by atoms with Crippen LogP contribution in [0.4, 0.5) is 0 Å².